The van der Waals surface area contributed by atoms with Crippen molar-refractivity contribution in [3.8, 4) is 17.1 Å². The fourth-order valence-corrected chi connectivity index (χ4v) is 5.56. The van der Waals surface area contributed by atoms with Gasteiger partial charge in [0.25, 0.3) is 0 Å². The SMILES string of the molecule is CNC(=O)Nc1ccc(-c2nc3c(c(N4CCOCC4)n2)ONC3C2CCN(Cc3ccccc3)CC2)cc1. The molecule has 204 valence electrons. The van der Waals surface area contributed by atoms with Crippen LogP contribution in [0.25, 0.3) is 11.4 Å². The number of ether oxygens (including phenoxy) is 1. The second-order valence-electron chi connectivity index (χ2n) is 10.3. The van der Waals surface area contributed by atoms with Crippen molar-refractivity contribution in [2.24, 2.45) is 5.92 Å². The molecular formula is C29H35N7O3. The number of carbonyl (C=O) groups excluding carboxylic acids is 1. The molecular weight excluding hydrogens is 494 g/mol. The first-order valence-corrected chi connectivity index (χ1v) is 13.7. The van der Waals surface area contributed by atoms with E-state index in [4.69, 9.17) is 19.5 Å². The average molecular weight is 530 g/mol. The molecule has 1 aromatic heterocycles. The number of fused-ring (bicyclic) bond motifs is 1. The Kier molecular flexibility index (Phi) is 7.57. The number of anilines is 2. The van der Waals surface area contributed by atoms with Gasteiger partial charge in [-0.05, 0) is 61.7 Å². The summed E-state index contributed by atoms with van der Waals surface area (Å²) in [5, 5.41) is 5.36. The van der Waals surface area contributed by atoms with Gasteiger partial charge in [0, 0.05) is 37.9 Å². The lowest BCUT2D eigenvalue weighted by Crippen LogP contribution is -2.37. The molecule has 10 nitrogen and oxygen atoms in total. The molecule has 2 saturated heterocycles. The minimum absolute atomic E-state index is 0.00889. The van der Waals surface area contributed by atoms with Gasteiger partial charge in [-0.25, -0.2) is 14.8 Å². The van der Waals surface area contributed by atoms with Crippen molar-refractivity contribution in [3.05, 3.63) is 65.9 Å². The maximum Gasteiger partial charge on any atom is 0.318 e. The zero-order valence-corrected chi connectivity index (χ0v) is 22.2. The number of morpholine rings is 1. The van der Waals surface area contributed by atoms with Gasteiger partial charge in [-0.15, -0.1) is 5.48 Å². The number of hydrogen-bond donors (Lipinski definition) is 3. The Balaban J connectivity index is 1.24. The number of hydrogen-bond acceptors (Lipinski definition) is 8. The molecule has 3 aromatic rings. The first kappa shape index (κ1) is 25.5. The summed E-state index contributed by atoms with van der Waals surface area (Å²) in [5.41, 5.74) is 7.19. The van der Waals surface area contributed by atoms with Crippen molar-refractivity contribution in [2.75, 3.05) is 56.7 Å². The van der Waals surface area contributed by atoms with E-state index in [0.29, 0.717) is 30.6 Å². The number of amides is 2. The number of aromatic nitrogens is 2. The van der Waals surface area contributed by atoms with E-state index < -0.39 is 0 Å². The predicted molar refractivity (Wildman–Crippen MR) is 150 cm³/mol. The molecule has 2 aromatic carbocycles. The molecule has 39 heavy (non-hydrogen) atoms. The summed E-state index contributed by atoms with van der Waals surface area (Å²) in [6.07, 6.45) is 2.14. The third-order valence-electron chi connectivity index (χ3n) is 7.75. The Bertz CT molecular complexity index is 1270. The van der Waals surface area contributed by atoms with Gasteiger partial charge in [-0.1, -0.05) is 30.3 Å². The van der Waals surface area contributed by atoms with Gasteiger partial charge >= 0.3 is 6.03 Å². The molecule has 3 aliphatic heterocycles. The molecule has 0 radical (unpaired) electrons. The fraction of sp³-hybridized carbons (Fsp3) is 0.414. The molecule has 1 unspecified atom stereocenters. The molecule has 0 spiro atoms. The number of carbonyl (C=O) groups is 1. The summed E-state index contributed by atoms with van der Waals surface area (Å²) in [6.45, 7) is 5.89. The van der Waals surface area contributed by atoms with E-state index in [1.54, 1.807) is 7.05 Å². The quantitative estimate of drug-likeness (QED) is 0.445. The lowest BCUT2D eigenvalue weighted by molar-refractivity contribution is 0.107. The smallest absolute Gasteiger partial charge is 0.318 e. The van der Waals surface area contributed by atoms with Crippen molar-refractivity contribution in [2.45, 2.75) is 25.4 Å². The topological polar surface area (TPSA) is 104 Å². The van der Waals surface area contributed by atoms with Gasteiger partial charge in [0.05, 0.1) is 19.3 Å². The molecule has 0 aliphatic carbocycles. The monoisotopic (exact) mass is 529 g/mol. The lowest BCUT2D eigenvalue weighted by Gasteiger charge is -2.34. The van der Waals surface area contributed by atoms with E-state index in [2.05, 4.69) is 56.2 Å². The Labute approximate surface area is 228 Å². The molecule has 2 fully saturated rings. The van der Waals surface area contributed by atoms with Crippen molar-refractivity contribution >= 4 is 17.5 Å². The number of likely N-dealkylation sites (tertiary alicyclic amines) is 1. The zero-order chi connectivity index (χ0) is 26.6. The van der Waals surface area contributed by atoms with E-state index >= 15 is 0 Å². The average Bonchev–Trinajstić information content (AvgIpc) is 3.42. The van der Waals surface area contributed by atoms with Crippen LogP contribution in [0.2, 0.25) is 0 Å². The molecule has 1 atom stereocenters. The van der Waals surface area contributed by atoms with Gasteiger partial charge in [0.15, 0.2) is 11.6 Å². The molecule has 10 heteroatoms. The number of rotatable bonds is 6. The third-order valence-corrected chi connectivity index (χ3v) is 7.75. The molecule has 2 amide bonds. The summed E-state index contributed by atoms with van der Waals surface area (Å²) in [7, 11) is 1.59. The second-order valence-corrected chi connectivity index (χ2v) is 10.3. The summed E-state index contributed by atoms with van der Waals surface area (Å²) in [4.78, 5) is 32.6. The number of nitrogens with zero attached hydrogens (tertiary/aromatic N) is 4. The van der Waals surface area contributed by atoms with Crippen LogP contribution in [0.3, 0.4) is 0 Å². The zero-order valence-electron chi connectivity index (χ0n) is 22.2. The van der Waals surface area contributed by atoms with Crippen molar-refractivity contribution < 1.29 is 14.4 Å². The summed E-state index contributed by atoms with van der Waals surface area (Å²) < 4.78 is 5.59. The maximum absolute atomic E-state index is 11.7. The van der Waals surface area contributed by atoms with Crippen molar-refractivity contribution in [1.82, 2.24) is 25.7 Å². The number of nitrogens with one attached hydrogen (secondary N) is 3. The Morgan fingerprint density at radius 1 is 1.00 bits per heavy atom. The number of benzene rings is 2. The van der Waals surface area contributed by atoms with Crippen LogP contribution >= 0.6 is 0 Å². The summed E-state index contributed by atoms with van der Waals surface area (Å²) >= 11 is 0. The highest BCUT2D eigenvalue weighted by atomic mass is 16.7. The van der Waals surface area contributed by atoms with Crippen LogP contribution in [0.4, 0.5) is 16.3 Å². The summed E-state index contributed by atoms with van der Waals surface area (Å²) in [5.74, 6) is 2.61. The normalized spacial score (nSPS) is 19.8. The van der Waals surface area contributed by atoms with Gasteiger partial charge in [0.1, 0.15) is 5.69 Å². The molecule has 3 aliphatic rings. The van der Waals surface area contributed by atoms with Crippen molar-refractivity contribution in [3.63, 3.8) is 0 Å². The maximum atomic E-state index is 11.7. The van der Waals surface area contributed by atoms with Gasteiger partial charge in [0.2, 0.25) is 5.75 Å². The molecule has 4 heterocycles. The predicted octanol–water partition coefficient (Wildman–Crippen LogP) is 3.58. The highest BCUT2D eigenvalue weighted by Crippen LogP contribution is 2.44. The minimum atomic E-state index is -0.257. The van der Waals surface area contributed by atoms with Crippen LogP contribution < -0.4 is 25.9 Å². The van der Waals surface area contributed by atoms with E-state index in [1.165, 1.54) is 5.56 Å². The van der Waals surface area contributed by atoms with Gasteiger partial charge in [-0.3, -0.25) is 4.90 Å². The van der Waals surface area contributed by atoms with E-state index in [0.717, 1.165) is 68.4 Å². The molecule has 0 saturated carbocycles. The number of urea groups is 1. The summed E-state index contributed by atoms with van der Waals surface area (Å²) in [6, 6.07) is 18.0. The standard InChI is InChI=1S/C29H35N7O3/c1-30-29(37)31-23-9-7-22(8-10-23)27-32-25-24(34-39-26(25)28(33-27)36-15-17-38-18-16-36)21-11-13-35(14-12-21)19-20-5-3-2-4-6-20/h2-10,21,24,34H,11-19H2,1H3,(H2,30,31,37). The van der Waals surface area contributed by atoms with Gasteiger partial charge in [-0.2, -0.15) is 0 Å². The first-order valence-electron chi connectivity index (χ1n) is 13.7. The van der Waals surface area contributed by atoms with Crippen LogP contribution in [-0.4, -0.2) is 67.3 Å². The van der Waals surface area contributed by atoms with Crippen LogP contribution in [0.1, 0.15) is 30.1 Å². The highest BCUT2D eigenvalue weighted by molar-refractivity contribution is 5.89. The Morgan fingerprint density at radius 2 is 1.74 bits per heavy atom. The van der Waals surface area contributed by atoms with Gasteiger partial charge < -0.3 is 25.1 Å². The van der Waals surface area contributed by atoms with Crippen LogP contribution in [0.15, 0.2) is 54.6 Å². The Morgan fingerprint density at radius 3 is 2.46 bits per heavy atom. The minimum Gasteiger partial charge on any atom is -0.402 e. The number of hydroxylamine groups is 1. The third kappa shape index (κ3) is 5.68. The first-order chi connectivity index (χ1) is 19.2. The van der Waals surface area contributed by atoms with E-state index in [9.17, 15) is 4.79 Å². The van der Waals surface area contributed by atoms with E-state index in [-0.39, 0.29) is 12.1 Å². The molecule has 6 rings (SSSR count). The Hall–Kier alpha value is -3.73. The lowest BCUT2D eigenvalue weighted by atomic mass is 9.87. The molecule has 0 bridgehead atoms. The van der Waals surface area contributed by atoms with Crippen molar-refractivity contribution in [1.29, 1.82) is 0 Å². The highest BCUT2D eigenvalue weighted by Gasteiger charge is 2.38. The van der Waals surface area contributed by atoms with Crippen LogP contribution in [0, 0.1) is 5.92 Å². The number of piperidine rings is 1. The fourth-order valence-electron chi connectivity index (χ4n) is 5.56. The molecule has 3 N–H and O–H groups in total. The van der Waals surface area contributed by atoms with E-state index in [1.807, 2.05) is 24.3 Å². The largest absolute Gasteiger partial charge is 0.402 e. The second kappa shape index (κ2) is 11.6. The van der Waals surface area contributed by atoms with Crippen LogP contribution in [-0.2, 0) is 11.3 Å². The van der Waals surface area contributed by atoms with Crippen LogP contribution in [0.5, 0.6) is 5.75 Å².